The normalized spacial score (nSPS) is 12.5. The molecule has 0 aromatic heterocycles. The van der Waals surface area contributed by atoms with Crippen LogP contribution in [0.15, 0.2) is 24.3 Å². The zero-order valence-corrected chi connectivity index (χ0v) is 18.2. The Kier molecular flexibility index (Phi) is 11.2. The van der Waals surface area contributed by atoms with Crippen molar-refractivity contribution in [3.63, 3.8) is 0 Å². The number of amides is 2. The Balaban J connectivity index is 0.000000471. The summed E-state index contributed by atoms with van der Waals surface area (Å²) in [6.45, 7) is 14.7. The van der Waals surface area contributed by atoms with Gasteiger partial charge in [-0.1, -0.05) is 46.8 Å². The maximum Gasteiger partial charge on any atom is 0.285 e. The average molecular weight is 392 g/mol. The van der Waals surface area contributed by atoms with Gasteiger partial charge in [-0.3, -0.25) is 24.0 Å². The summed E-state index contributed by atoms with van der Waals surface area (Å²) in [7, 11) is 0. The Morgan fingerprint density at radius 3 is 1.50 bits per heavy atom. The molecule has 0 fully saturated rings. The number of hydroxylamine groups is 2. The first-order valence-electron chi connectivity index (χ1n) is 9.61. The number of hydrogen-bond acceptors (Lipinski definition) is 5. The van der Waals surface area contributed by atoms with Gasteiger partial charge in [0.1, 0.15) is 11.6 Å². The van der Waals surface area contributed by atoms with Crippen LogP contribution in [0.5, 0.6) is 0 Å². The minimum atomic E-state index is -0.385. The second-order valence-electron chi connectivity index (χ2n) is 7.34. The molecule has 0 atom stereocenters. The van der Waals surface area contributed by atoms with Crippen molar-refractivity contribution in [2.24, 2.45) is 11.8 Å². The highest BCUT2D eigenvalue weighted by molar-refractivity contribution is 6.20. The minimum Gasteiger partial charge on any atom is -0.300 e. The van der Waals surface area contributed by atoms with E-state index < -0.39 is 0 Å². The van der Waals surface area contributed by atoms with Gasteiger partial charge in [-0.15, -0.1) is 5.06 Å². The summed E-state index contributed by atoms with van der Waals surface area (Å²) >= 11 is 0. The number of fused-ring (bicyclic) bond motifs is 1. The largest absolute Gasteiger partial charge is 0.300 e. The van der Waals surface area contributed by atoms with E-state index in [1.165, 1.54) is 0 Å². The highest BCUT2D eigenvalue weighted by atomic mass is 16.7. The number of carbonyl (C=O) groups is 4. The molecular weight excluding hydrogens is 358 g/mol. The van der Waals surface area contributed by atoms with E-state index in [2.05, 4.69) is 0 Å². The molecule has 0 unspecified atom stereocenters. The molecule has 6 nitrogen and oxygen atoms in total. The lowest BCUT2D eigenvalue weighted by molar-refractivity contribution is -0.121. The van der Waals surface area contributed by atoms with Gasteiger partial charge in [0.2, 0.25) is 0 Å². The zero-order chi connectivity index (χ0) is 22.0. The van der Waals surface area contributed by atoms with Gasteiger partial charge in [-0.05, 0) is 32.9 Å². The quantitative estimate of drug-likeness (QED) is 0.692. The van der Waals surface area contributed by atoms with Crippen LogP contribution >= 0.6 is 0 Å². The molecular formula is C22H33NO5. The molecule has 2 rings (SSSR count). The molecule has 0 aliphatic carbocycles. The molecule has 0 spiro atoms. The predicted molar refractivity (Wildman–Crippen MR) is 109 cm³/mol. The van der Waals surface area contributed by atoms with Crippen molar-refractivity contribution in [2.45, 2.75) is 67.9 Å². The Hall–Kier alpha value is -2.34. The lowest BCUT2D eigenvalue weighted by atomic mass is 10.1. The van der Waals surface area contributed by atoms with Gasteiger partial charge < -0.3 is 0 Å². The lowest BCUT2D eigenvalue weighted by Gasteiger charge is -2.15. The smallest absolute Gasteiger partial charge is 0.285 e. The van der Waals surface area contributed by atoms with Gasteiger partial charge in [-0.25, -0.2) is 0 Å². The van der Waals surface area contributed by atoms with Crippen molar-refractivity contribution in [2.75, 3.05) is 0 Å². The molecule has 0 saturated heterocycles. The Morgan fingerprint density at radius 2 is 1.29 bits per heavy atom. The molecule has 0 radical (unpaired) electrons. The maximum absolute atomic E-state index is 11.7. The van der Waals surface area contributed by atoms with Gasteiger partial charge in [0.05, 0.1) is 17.2 Å². The Morgan fingerprint density at radius 1 is 0.893 bits per heavy atom. The van der Waals surface area contributed by atoms with Crippen LogP contribution < -0.4 is 0 Å². The third-order valence-electron chi connectivity index (χ3n) is 3.88. The lowest BCUT2D eigenvalue weighted by Crippen LogP contribution is -2.32. The molecule has 1 aromatic carbocycles. The minimum absolute atomic E-state index is 0.202. The van der Waals surface area contributed by atoms with Gasteiger partial charge in [0.25, 0.3) is 11.8 Å². The fourth-order valence-corrected chi connectivity index (χ4v) is 1.88. The summed E-state index contributed by atoms with van der Waals surface area (Å²) in [5.74, 6) is 0.276. The average Bonchev–Trinajstić information content (AvgIpc) is 2.87. The molecule has 1 aromatic rings. The highest BCUT2D eigenvalue weighted by Crippen LogP contribution is 2.23. The fourth-order valence-electron chi connectivity index (χ4n) is 1.88. The molecule has 1 aliphatic rings. The second kappa shape index (κ2) is 12.2. The van der Waals surface area contributed by atoms with E-state index in [0.29, 0.717) is 23.3 Å². The van der Waals surface area contributed by atoms with Gasteiger partial charge in [0, 0.05) is 18.3 Å². The number of ketones is 2. The molecule has 0 N–H and O–H groups in total. The van der Waals surface area contributed by atoms with Gasteiger partial charge in [-0.2, -0.15) is 0 Å². The molecule has 1 heterocycles. The molecule has 0 bridgehead atoms. The van der Waals surface area contributed by atoms with Crippen molar-refractivity contribution >= 4 is 23.4 Å². The van der Waals surface area contributed by atoms with E-state index in [-0.39, 0.29) is 35.5 Å². The first-order chi connectivity index (χ1) is 12.9. The van der Waals surface area contributed by atoms with Gasteiger partial charge in [0.15, 0.2) is 0 Å². The van der Waals surface area contributed by atoms with Crippen LogP contribution in [0.3, 0.4) is 0 Å². The topological polar surface area (TPSA) is 80.8 Å². The third-order valence-corrected chi connectivity index (χ3v) is 3.88. The van der Waals surface area contributed by atoms with Crippen molar-refractivity contribution < 1.29 is 24.0 Å². The fraction of sp³-hybridized carbons (Fsp3) is 0.545. The van der Waals surface area contributed by atoms with E-state index in [0.717, 1.165) is 5.06 Å². The molecule has 156 valence electrons. The van der Waals surface area contributed by atoms with E-state index in [9.17, 15) is 19.2 Å². The van der Waals surface area contributed by atoms with Crippen LogP contribution in [0.4, 0.5) is 0 Å². The van der Waals surface area contributed by atoms with Crippen LogP contribution in [0.25, 0.3) is 0 Å². The molecule has 28 heavy (non-hydrogen) atoms. The van der Waals surface area contributed by atoms with Gasteiger partial charge >= 0.3 is 0 Å². The highest BCUT2D eigenvalue weighted by Gasteiger charge is 2.36. The maximum atomic E-state index is 11.7. The van der Waals surface area contributed by atoms with Crippen molar-refractivity contribution in [3.8, 4) is 0 Å². The van der Waals surface area contributed by atoms with Crippen LogP contribution in [0, 0.1) is 11.8 Å². The number of carbonyl (C=O) groups excluding carboxylic acids is 4. The number of benzene rings is 1. The van der Waals surface area contributed by atoms with Crippen LogP contribution in [0.2, 0.25) is 0 Å². The van der Waals surface area contributed by atoms with E-state index in [4.69, 9.17) is 4.84 Å². The number of Topliss-reactive ketones (excluding diaryl/α,β-unsaturated/α-hetero) is 2. The zero-order valence-electron chi connectivity index (χ0n) is 18.2. The summed E-state index contributed by atoms with van der Waals surface area (Å²) in [5.41, 5.74) is 0.811. The number of imide groups is 1. The number of rotatable bonds is 5. The van der Waals surface area contributed by atoms with E-state index in [1.807, 2.05) is 34.6 Å². The molecule has 2 amide bonds. The molecule has 0 saturated carbocycles. The molecule has 6 heteroatoms. The summed E-state index contributed by atoms with van der Waals surface area (Å²) < 4.78 is 0. The van der Waals surface area contributed by atoms with E-state index >= 15 is 0 Å². The van der Waals surface area contributed by atoms with E-state index in [1.54, 1.807) is 45.0 Å². The summed E-state index contributed by atoms with van der Waals surface area (Å²) in [4.78, 5) is 49.3. The second-order valence-corrected chi connectivity index (χ2v) is 7.34. The van der Waals surface area contributed by atoms with Crippen molar-refractivity contribution in [3.05, 3.63) is 35.4 Å². The monoisotopic (exact) mass is 391 g/mol. The predicted octanol–water partition coefficient (Wildman–Crippen LogP) is 4.48. The molecule has 1 aliphatic heterocycles. The van der Waals surface area contributed by atoms with Crippen LogP contribution in [0.1, 0.15) is 82.5 Å². The van der Waals surface area contributed by atoms with Crippen molar-refractivity contribution in [1.29, 1.82) is 0 Å². The standard InChI is InChI=1S/C11H11NO3.C6H12O.C5H10O/c1-7(2)15-12-10(13)8-5-3-4-6-9(8)11(12)14;1-4-6(7)5(2)3;1-4(2)5(3)6/h3-7H,1-2H3;5H,4H2,1-3H3;4H,1-3H3. The van der Waals surface area contributed by atoms with Crippen molar-refractivity contribution in [1.82, 2.24) is 5.06 Å². The SMILES string of the molecule is CC(=O)C(C)C.CC(C)ON1C(=O)c2ccccc2C1=O.CCC(=O)C(C)C. The number of nitrogens with zero attached hydrogens (tertiary/aromatic N) is 1. The van der Waals surface area contributed by atoms with Crippen LogP contribution in [-0.2, 0) is 14.4 Å². The first-order valence-corrected chi connectivity index (χ1v) is 9.61. The Bertz CT molecular complexity index is 657. The third kappa shape index (κ3) is 8.13. The summed E-state index contributed by atoms with van der Waals surface area (Å²) in [6.07, 6.45) is 0.477. The first kappa shape index (κ1) is 25.7. The van der Waals surface area contributed by atoms with Crippen LogP contribution in [-0.4, -0.2) is 34.5 Å². The summed E-state index contributed by atoms with van der Waals surface area (Å²) in [6, 6.07) is 6.70. The number of hydrogen-bond donors (Lipinski definition) is 0. The summed E-state index contributed by atoms with van der Waals surface area (Å²) in [5, 5.41) is 0.829. The Labute approximate surface area is 168 Å².